The normalized spacial score (nSPS) is 10.7. The van der Waals surface area contributed by atoms with Gasteiger partial charge < -0.3 is 10.6 Å². The predicted octanol–water partition coefficient (Wildman–Crippen LogP) is 5.51. The molecule has 0 bridgehead atoms. The molecule has 0 atom stereocenters. The maximum absolute atomic E-state index is 12.0. The molecule has 0 aliphatic heterocycles. The van der Waals surface area contributed by atoms with E-state index in [-0.39, 0.29) is 23.4 Å². The second-order valence-corrected chi connectivity index (χ2v) is 7.41. The Morgan fingerprint density at radius 3 is 1.97 bits per heavy atom. The van der Waals surface area contributed by atoms with E-state index in [1.165, 1.54) is 6.33 Å². The molecule has 4 aromatic rings. The molecule has 0 unspecified atom stereocenters. The summed E-state index contributed by atoms with van der Waals surface area (Å²) in [5.74, 6) is 0.335. The summed E-state index contributed by atoms with van der Waals surface area (Å²) in [4.78, 5) is 19.9. The molecule has 0 saturated carbocycles. The van der Waals surface area contributed by atoms with Crippen LogP contribution in [0.4, 0.5) is 17.3 Å². The highest BCUT2D eigenvalue weighted by atomic mass is 16.6. The van der Waals surface area contributed by atoms with Crippen molar-refractivity contribution in [1.29, 1.82) is 0 Å². The van der Waals surface area contributed by atoms with Crippen LogP contribution in [0.1, 0.15) is 28.3 Å². The van der Waals surface area contributed by atoms with Crippen LogP contribution in [-0.4, -0.2) is 14.9 Å². The molecule has 160 valence electrons. The van der Waals surface area contributed by atoms with Crippen LogP contribution in [0.25, 0.3) is 0 Å². The molecule has 4 rings (SSSR count). The minimum absolute atomic E-state index is 0.161. The van der Waals surface area contributed by atoms with E-state index >= 15 is 0 Å². The fourth-order valence-electron chi connectivity index (χ4n) is 3.47. The molecular weight excluding hydrogens is 402 g/mol. The standard InChI is InChI=1S/C25H23N5O2/c1-18-12-14-19(15-13-18)16-26-24-23(30(31)32)25(28-17-27-24)29-22(20-8-4-2-5-9-20)21-10-6-3-7-11-21/h2-15,17,22H,16H2,1H3,(H2,26,27,28,29). The molecule has 0 amide bonds. The van der Waals surface area contributed by atoms with Crippen LogP contribution in [0.15, 0.2) is 91.3 Å². The van der Waals surface area contributed by atoms with E-state index in [9.17, 15) is 10.1 Å². The summed E-state index contributed by atoms with van der Waals surface area (Å²) in [6.07, 6.45) is 1.33. The van der Waals surface area contributed by atoms with Gasteiger partial charge in [-0.3, -0.25) is 10.1 Å². The number of nitrogens with zero attached hydrogens (tertiary/aromatic N) is 3. The molecule has 0 radical (unpaired) electrons. The predicted molar refractivity (Wildman–Crippen MR) is 126 cm³/mol. The van der Waals surface area contributed by atoms with E-state index in [1.807, 2.05) is 91.9 Å². The molecule has 3 aromatic carbocycles. The molecule has 1 heterocycles. The quantitative estimate of drug-likeness (QED) is 0.286. The van der Waals surface area contributed by atoms with Crippen molar-refractivity contribution < 1.29 is 4.92 Å². The lowest BCUT2D eigenvalue weighted by Gasteiger charge is -2.20. The largest absolute Gasteiger partial charge is 0.360 e. The molecule has 1 aromatic heterocycles. The number of hydrogen-bond donors (Lipinski definition) is 2. The first-order chi connectivity index (χ1) is 15.6. The van der Waals surface area contributed by atoms with Gasteiger partial charge in [0.25, 0.3) is 0 Å². The summed E-state index contributed by atoms with van der Waals surface area (Å²) in [6, 6.07) is 27.2. The number of anilines is 2. The molecule has 2 N–H and O–H groups in total. The second-order valence-electron chi connectivity index (χ2n) is 7.41. The van der Waals surface area contributed by atoms with Gasteiger partial charge in [0.2, 0.25) is 11.6 Å². The fraction of sp³-hybridized carbons (Fsp3) is 0.120. The van der Waals surface area contributed by atoms with E-state index in [0.717, 1.165) is 22.3 Å². The molecule has 0 saturated heterocycles. The zero-order valence-corrected chi connectivity index (χ0v) is 17.6. The molecule has 0 aliphatic carbocycles. The fourth-order valence-corrected chi connectivity index (χ4v) is 3.47. The van der Waals surface area contributed by atoms with Crippen molar-refractivity contribution in [3.63, 3.8) is 0 Å². The summed E-state index contributed by atoms with van der Waals surface area (Å²) >= 11 is 0. The van der Waals surface area contributed by atoms with Crippen molar-refractivity contribution >= 4 is 17.3 Å². The van der Waals surface area contributed by atoms with Crippen LogP contribution in [0, 0.1) is 17.0 Å². The van der Waals surface area contributed by atoms with Crippen molar-refractivity contribution in [1.82, 2.24) is 9.97 Å². The molecule has 32 heavy (non-hydrogen) atoms. The first-order valence-corrected chi connectivity index (χ1v) is 10.3. The number of aromatic nitrogens is 2. The summed E-state index contributed by atoms with van der Waals surface area (Å²) in [5, 5.41) is 18.4. The molecule has 7 nitrogen and oxygen atoms in total. The molecule has 0 fully saturated rings. The van der Waals surface area contributed by atoms with Gasteiger partial charge in [-0.1, -0.05) is 90.5 Å². The number of hydrogen-bond acceptors (Lipinski definition) is 6. The lowest BCUT2D eigenvalue weighted by Crippen LogP contribution is -2.16. The average Bonchev–Trinajstić information content (AvgIpc) is 2.83. The van der Waals surface area contributed by atoms with Gasteiger partial charge in [-0.05, 0) is 23.6 Å². The van der Waals surface area contributed by atoms with Crippen LogP contribution in [0.3, 0.4) is 0 Å². The summed E-state index contributed by atoms with van der Waals surface area (Å²) in [5.41, 5.74) is 3.92. The van der Waals surface area contributed by atoms with E-state index in [1.54, 1.807) is 0 Å². The summed E-state index contributed by atoms with van der Waals surface area (Å²) < 4.78 is 0. The Balaban J connectivity index is 1.66. The molecule has 0 aliphatic rings. The van der Waals surface area contributed by atoms with Crippen molar-refractivity contribution in [2.75, 3.05) is 10.6 Å². The number of rotatable bonds is 8. The zero-order valence-electron chi connectivity index (χ0n) is 17.6. The first-order valence-electron chi connectivity index (χ1n) is 10.3. The zero-order chi connectivity index (χ0) is 22.3. The minimum Gasteiger partial charge on any atom is -0.360 e. The Labute approximate surface area is 186 Å². The number of benzene rings is 3. The number of nitro groups is 1. The number of nitrogens with one attached hydrogen (secondary N) is 2. The summed E-state index contributed by atoms with van der Waals surface area (Å²) in [7, 11) is 0. The van der Waals surface area contributed by atoms with Gasteiger partial charge in [0.1, 0.15) is 6.33 Å². The van der Waals surface area contributed by atoms with Crippen LogP contribution >= 0.6 is 0 Å². The molecular formula is C25H23N5O2. The van der Waals surface area contributed by atoms with Gasteiger partial charge in [0.15, 0.2) is 0 Å². The van der Waals surface area contributed by atoms with E-state index in [0.29, 0.717) is 6.54 Å². The highest BCUT2D eigenvalue weighted by Crippen LogP contribution is 2.34. The van der Waals surface area contributed by atoms with Crippen molar-refractivity contribution in [2.24, 2.45) is 0 Å². The van der Waals surface area contributed by atoms with E-state index < -0.39 is 4.92 Å². The van der Waals surface area contributed by atoms with Gasteiger partial charge in [-0.2, -0.15) is 0 Å². The Morgan fingerprint density at radius 2 is 1.41 bits per heavy atom. The first kappa shape index (κ1) is 21.0. The third kappa shape index (κ3) is 4.89. The highest BCUT2D eigenvalue weighted by molar-refractivity contribution is 5.70. The van der Waals surface area contributed by atoms with Crippen LogP contribution in [-0.2, 0) is 6.54 Å². The van der Waals surface area contributed by atoms with Gasteiger partial charge in [-0.25, -0.2) is 9.97 Å². The Bertz CT molecular complexity index is 1140. The minimum atomic E-state index is -0.452. The highest BCUT2D eigenvalue weighted by Gasteiger charge is 2.26. The van der Waals surface area contributed by atoms with Crippen molar-refractivity contribution in [3.8, 4) is 0 Å². The monoisotopic (exact) mass is 425 g/mol. The Morgan fingerprint density at radius 1 is 0.844 bits per heavy atom. The third-order valence-corrected chi connectivity index (χ3v) is 5.13. The topological polar surface area (TPSA) is 93.0 Å². The Kier molecular flexibility index (Phi) is 6.36. The van der Waals surface area contributed by atoms with Gasteiger partial charge in [-0.15, -0.1) is 0 Å². The third-order valence-electron chi connectivity index (χ3n) is 5.13. The lowest BCUT2D eigenvalue weighted by atomic mass is 9.99. The van der Waals surface area contributed by atoms with Crippen LogP contribution in [0.2, 0.25) is 0 Å². The van der Waals surface area contributed by atoms with E-state index in [2.05, 4.69) is 20.6 Å². The van der Waals surface area contributed by atoms with Gasteiger partial charge in [0, 0.05) is 6.54 Å². The maximum atomic E-state index is 12.0. The van der Waals surface area contributed by atoms with Crippen LogP contribution < -0.4 is 10.6 Å². The molecule has 7 heteroatoms. The van der Waals surface area contributed by atoms with Gasteiger partial charge in [0.05, 0.1) is 11.0 Å². The van der Waals surface area contributed by atoms with Gasteiger partial charge >= 0.3 is 5.69 Å². The maximum Gasteiger partial charge on any atom is 0.353 e. The number of aryl methyl sites for hydroxylation is 1. The van der Waals surface area contributed by atoms with Crippen molar-refractivity contribution in [3.05, 3.63) is 124 Å². The smallest absolute Gasteiger partial charge is 0.353 e. The lowest BCUT2D eigenvalue weighted by molar-refractivity contribution is -0.383. The van der Waals surface area contributed by atoms with Crippen molar-refractivity contribution in [2.45, 2.75) is 19.5 Å². The molecule has 0 spiro atoms. The average molecular weight is 425 g/mol. The SMILES string of the molecule is Cc1ccc(CNc2ncnc(NC(c3ccccc3)c3ccccc3)c2[N+](=O)[O-])cc1. The van der Waals surface area contributed by atoms with E-state index in [4.69, 9.17) is 0 Å². The Hall–Kier alpha value is -4.26. The second kappa shape index (κ2) is 9.70. The summed E-state index contributed by atoms with van der Waals surface area (Å²) in [6.45, 7) is 2.43. The van der Waals surface area contributed by atoms with Crippen LogP contribution in [0.5, 0.6) is 0 Å².